The van der Waals surface area contributed by atoms with Gasteiger partial charge in [0, 0.05) is 13.2 Å². The number of ether oxygens (including phenoxy) is 2. The fourth-order valence-corrected chi connectivity index (χ4v) is 1.49. The van der Waals surface area contributed by atoms with E-state index >= 15 is 0 Å². The number of halogens is 1. The largest absolute Gasteiger partial charge is 0.381 e. The van der Waals surface area contributed by atoms with Gasteiger partial charge in [0.05, 0.1) is 6.10 Å². The minimum Gasteiger partial charge on any atom is -0.381 e. The highest BCUT2D eigenvalue weighted by molar-refractivity contribution is 14.1. The van der Waals surface area contributed by atoms with Crippen LogP contribution in [0.3, 0.4) is 0 Å². The van der Waals surface area contributed by atoms with Crippen molar-refractivity contribution < 1.29 is 9.47 Å². The topological polar surface area (TPSA) is 18.5 Å². The van der Waals surface area contributed by atoms with Crippen molar-refractivity contribution in [2.75, 3.05) is 13.2 Å². The summed E-state index contributed by atoms with van der Waals surface area (Å²) in [4.78, 5) is 0. The molecule has 1 unspecified atom stereocenters. The second-order valence-electron chi connectivity index (χ2n) is 2.49. The maximum Gasteiger partial charge on any atom is 0.106 e. The molecule has 1 saturated heterocycles. The maximum absolute atomic E-state index is 5.60. The monoisotopic (exact) mass is 256 g/mol. The summed E-state index contributed by atoms with van der Waals surface area (Å²) in [7, 11) is 0. The van der Waals surface area contributed by atoms with Gasteiger partial charge < -0.3 is 9.47 Å². The van der Waals surface area contributed by atoms with Crippen LogP contribution in [0.25, 0.3) is 0 Å². The molecule has 1 fully saturated rings. The summed E-state index contributed by atoms with van der Waals surface area (Å²) in [6.07, 6.45) is 2.57. The van der Waals surface area contributed by atoms with Crippen LogP contribution in [0.5, 0.6) is 0 Å². The summed E-state index contributed by atoms with van der Waals surface area (Å²) in [5.74, 6) is 0. The van der Waals surface area contributed by atoms with Gasteiger partial charge in [0.1, 0.15) is 4.11 Å². The molecule has 1 rings (SSSR count). The molecule has 1 atom stereocenters. The van der Waals surface area contributed by atoms with Gasteiger partial charge in [-0.3, -0.25) is 0 Å². The third-order valence-corrected chi connectivity index (χ3v) is 1.84. The molecule has 0 spiro atoms. The van der Waals surface area contributed by atoms with Crippen LogP contribution in [0.4, 0.5) is 0 Å². The molecule has 3 heteroatoms. The molecular formula is C7H13IO2. The van der Waals surface area contributed by atoms with Gasteiger partial charge in [0.15, 0.2) is 0 Å². The maximum atomic E-state index is 5.60. The molecule has 0 aromatic heterocycles. The second-order valence-corrected chi connectivity index (χ2v) is 4.24. The van der Waals surface area contributed by atoms with Crippen molar-refractivity contribution in [3.05, 3.63) is 0 Å². The third kappa shape index (κ3) is 3.16. The van der Waals surface area contributed by atoms with E-state index in [-0.39, 0.29) is 0 Å². The van der Waals surface area contributed by atoms with Gasteiger partial charge in [-0.1, -0.05) is 22.6 Å². The van der Waals surface area contributed by atoms with E-state index in [2.05, 4.69) is 29.5 Å². The van der Waals surface area contributed by atoms with E-state index in [9.17, 15) is 0 Å². The predicted octanol–water partition coefficient (Wildman–Crippen LogP) is 1.96. The van der Waals surface area contributed by atoms with Gasteiger partial charge in [-0.05, 0) is 19.8 Å². The molecule has 0 aliphatic carbocycles. The van der Waals surface area contributed by atoms with Crippen LogP contribution in [0.15, 0.2) is 0 Å². The lowest BCUT2D eigenvalue weighted by Crippen LogP contribution is -2.25. The molecule has 0 radical (unpaired) electrons. The molecule has 0 saturated carbocycles. The van der Waals surface area contributed by atoms with Crippen molar-refractivity contribution in [3.8, 4) is 0 Å². The van der Waals surface area contributed by atoms with Crippen molar-refractivity contribution in [3.63, 3.8) is 0 Å². The molecule has 0 bridgehead atoms. The van der Waals surface area contributed by atoms with Gasteiger partial charge >= 0.3 is 0 Å². The van der Waals surface area contributed by atoms with Crippen LogP contribution in [0.2, 0.25) is 0 Å². The van der Waals surface area contributed by atoms with Crippen LogP contribution < -0.4 is 0 Å². The normalized spacial score (nSPS) is 24.6. The Morgan fingerprint density at radius 3 is 2.60 bits per heavy atom. The van der Waals surface area contributed by atoms with Crippen LogP contribution >= 0.6 is 22.6 Å². The molecule has 0 aromatic rings. The quantitative estimate of drug-likeness (QED) is 0.555. The number of hydrogen-bond donors (Lipinski definition) is 0. The Morgan fingerprint density at radius 1 is 1.50 bits per heavy atom. The summed E-state index contributed by atoms with van der Waals surface area (Å²) in [5, 5.41) is 0. The lowest BCUT2D eigenvalue weighted by Gasteiger charge is -2.23. The van der Waals surface area contributed by atoms with E-state index in [1.54, 1.807) is 0 Å². The van der Waals surface area contributed by atoms with Gasteiger partial charge in [-0.25, -0.2) is 0 Å². The van der Waals surface area contributed by atoms with E-state index < -0.39 is 0 Å². The zero-order valence-corrected chi connectivity index (χ0v) is 8.34. The first-order valence-corrected chi connectivity index (χ1v) is 4.91. The highest BCUT2D eigenvalue weighted by atomic mass is 127. The molecule has 10 heavy (non-hydrogen) atoms. The fourth-order valence-electron chi connectivity index (χ4n) is 1.08. The first-order valence-electron chi connectivity index (χ1n) is 3.66. The summed E-state index contributed by atoms with van der Waals surface area (Å²) < 4.78 is 11.1. The zero-order chi connectivity index (χ0) is 7.40. The summed E-state index contributed by atoms with van der Waals surface area (Å²) in [6, 6.07) is 0. The third-order valence-electron chi connectivity index (χ3n) is 1.55. The predicted molar refractivity (Wildman–Crippen MR) is 48.4 cm³/mol. The number of rotatable bonds is 2. The summed E-state index contributed by atoms with van der Waals surface area (Å²) in [6.45, 7) is 3.80. The summed E-state index contributed by atoms with van der Waals surface area (Å²) >= 11 is 2.28. The Morgan fingerprint density at radius 2 is 2.10 bits per heavy atom. The fraction of sp³-hybridized carbons (Fsp3) is 1.00. The average molecular weight is 256 g/mol. The van der Waals surface area contributed by atoms with Crippen molar-refractivity contribution in [1.29, 1.82) is 0 Å². The zero-order valence-electron chi connectivity index (χ0n) is 6.18. The highest BCUT2D eigenvalue weighted by Crippen LogP contribution is 2.14. The molecule has 1 heterocycles. The lowest BCUT2D eigenvalue weighted by molar-refractivity contribution is -0.0326. The Labute approximate surface area is 75.4 Å². The van der Waals surface area contributed by atoms with Gasteiger partial charge in [0.25, 0.3) is 0 Å². The molecule has 0 amide bonds. The van der Waals surface area contributed by atoms with E-state index in [0.29, 0.717) is 10.2 Å². The van der Waals surface area contributed by atoms with Gasteiger partial charge in [-0.15, -0.1) is 0 Å². The molecule has 2 nitrogen and oxygen atoms in total. The standard InChI is InChI=1S/C7H13IO2/c1-6(8)10-7-2-4-9-5-3-7/h6-7H,2-5H2,1H3. The molecule has 1 aliphatic heterocycles. The van der Waals surface area contributed by atoms with Crippen LogP contribution in [0.1, 0.15) is 19.8 Å². The van der Waals surface area contributed by atoms with Crippen molar-refractivity contribution in [1.82, 2.24) is 0 Å². The molecule has 1 aliphatic rings. The SMILES string of the molecule is CC(I)OC1CCOCC1. The van der Waals surface area contributed by atoms with Crippen molar-refractivity contribution in [2.45, 2.75) is 30.0 Å². The Kier molecular flexibility index (Phi) is 3.95. The smallest absolute Gasteiger partial charge is 0.106 e. The lowest BCUT2D eigenvalue weighted by atomic mass is 10.2. The van der Waals surface area contributed by atoms with E-state index in [1.165, 1.54) is 0 Å². The van der Waals surface area contributed by atoms with Gasteiger partial charge in [0.2, 0.25) is 0 Å². The Hall–Kier alpha value is 0.650. The Bertz CT molecular complexity index is 89.6. The van der Waals surface area contributed by atoms with Crippen LogP contribution in [-0.4, -0.2) is 23.4 Å². The number of alkyl halides is 1. The first-order chi connectivity index (χ1) is 4.79. The molecule has 0 aromatic carbocycles. The molecule has 60 valence electrons. The average Bonchev–Trinajstić information content (AvgIpc) is 1.88. The van der Waals surface area contributed by atoms with E-state index in [1.807, 2.05) is 0 Å². The van der Waals surface area contributed by atoms with Gasteiger partial charge in [-0.2, -0.15) is 0 Å². The van der Waals surface area contributed by atoms with Crippen LogP contribution in [0, 0.1) is 0 Å². The van der Waals surface area contributed by atoms with Crippen molar-refractivity contribution in [2.24, 2.45) is 0 Å². The van der Waals surface area contributed by atoms with Crippen LogP contribution in [-0.2, 0) is 9.47 Å². The number of hydrogen-bond acceptors (Lipinski definition) is 2. The second kappa shape index (κ2) is 4.51. The minimum atomic E-state index is 0.334. The van der Waals surface area contributed by atoms with E-state index in [4.69, 9.17) is 9.47 Å². The molecule has 0 N–H and O–H groups in total. The Balaban J connectivity index is 2.13. The van der Waals surface area contributed by atoms with E-state index in [0.717, 1.165) is 26.1 Å². The summed E-state index contributed by atoms with van der Waals surface area (Å²) in [5.41, 5.74) is 0. The molecular weight excluding hydrogens is 243 g/mol. The highest BCUT2D eigenvalue weighted by Gasteiger charge is 2.15. The minimum absolute atomic E-state index is 0.334. The van der Waals surface area contributed by atoms with Crippen molar-refractivity contribution >= 4 is 22.6 Å². The first kappa shape index (κ1) is 8.74.